The van der Waals surface area contributed by atoms with Crippen molar-refractivity contribution < 1.29 is 14.7 Å². The van der Waals surface area contributed by atoms with Gasteiger partial charge in [0.05, 0.1) is 24.4 Å². The van der Waals surface area contributed by atoms with Crippen LogP contribution in [0.3, 0.4) is 0 Å². The van der Waals surface area contributed by atoms with Gasteiger partial charge in [0.15, 0.2) is 0 Å². The van der Waals surface area contributed by atoms with Crippen LogP contribution in [-0.2, 0) is 11.8 Å². The summed E-state index contributed by atoms with van der Waals surface area (Å²) in [5, 5.41) is 18.4. The van der Waals surface area contributed by atoms with E-state index in [1.165, 1.54) is 13.1 Å². The summed E-state index contributed by atoms with van der Waals surface area (Å²) in [5.41, 5.74) is 1.01. The molecule has 20 heavy (non-hydrogen) atoms. The number of terminal acetylenes is 1. The zero-order chi connectivity index (χ0) is 15.3. The molecule has 3 N–H and O–H groups in total. The Kier molecular flexibility index (Phi) is 5.29. The fourth-order valence-electron chi connectivity index (χ4n) is 1.59. The first-order chi connectivity index (χ1) is 9.38. The Morgan fingerprint density at radius 1 is 1.60 bits per heavy atom. The van der Waals surface area contributed by atoms with Gasteiger partial charge in [-0.3, -0.25) is 14.3 Å². The number of rotatable bonds is 5. The van der Waals surface area contributed by atoms with Crippen LogP contribution in [0.5, 0.6) is 0 Å². The molecule has 0 aliphatic rings. The molecule has 0 saturated heterocycles. The molecule has 0 aliphatic carbocycles. The number of amides is 2. The number of aliphatic hydroxyl groups excluding tert-OH is 1. The predicted octanol–water partition coefficient (Wildman–Crippen LogP) is -1.04. The number of hydrogen-bond acceptors (Lipinski definition) is 4. The molecule has 0 bridgehead atoms. The molecule has 0 fully saturated rings. The van der Waals surface area contributed by atoms with Crippen LogP contribution in [0.1, 0.15) is 23.0 Å². The molecule has 0 aliphatic heterocycles. The lowest BCUT2D eigenvalue weighted by Gasteiger charge is -2.20. The summed E-state index contributed by atoms with van der Waals surface area (Å²) in [6.07, 6.45) is 5.40. The SMILES string of the molecule is C#CCNC(=O)[C@@H](NC(=O)c1cnn(C)c1C)[C@@H](C)O. The number of nitrogens with one attached hydrogen (secondary N) is 2. The van der Waals surface area contributed by atoms with E-state index in [1.807, 2.05) is 0 Å². The summed E-state index contributed by atoms with van der Waals surface area (Å²) < 4.78 is 1.55. The second-order valence-electron chi connectivity index (χ2n) is 4.38. The minimum Gasteiger partial charge on any atom is -0.391 e. The van der Waals surface area contributed by atoms with E-state index in [9.17, 15) is 14.7 Å². The van der Waals surface area contributed by atoms with Gasteiger partial charge in [0, 0.05) is 12.7 Å². The second kappa shape index (κ2) is 6.73. The van der Waals surface area contributed by atoms with Gasteiger partial charge in [-0.05, 0) is 13.8 Å². The third-order valence-electron chi connectivity index (χ3n) is 2.90. The molecule has 2 amide bonds. The first kappa shape index (κ1) is 15.7. The summed E-state index contributed by atoms with van der Waals surface area (Å²) in [5.74, 6) is 1.24. The Hall–Kier alpha value is -2.33. The Balaban J connectivity index is 2.81. The number of aryl methyl sites for hydroxylation is 1. The standard InChI is InChI=1S/C13H18N4O3/c1-5-6-14-13(20)11(9(3)18)16-12(19)10-7-15-17(4)8(10)2/h1,7,9,11,18H,6H2,2-4H3,(H,14,20)(H,16,19)/t9-,11+/m1/s1. The van der Waals surface area contributed by atoms with Crippen molar-refractivity contribution in [2.24, 2.45) is 7.05 Å². The van der Waals surface area contributed by atoms with E-state index >= 15 is 0 Å². The molecule has 0 aromatic carbocycles. The number of carbonyl (C=O) groups excluding carboxylic acids is 2. The van der Waals surface area contributed by atoms with Gasteiger partial charge < -0.3 is 15.7 Å². The monoisotopic (exact) mass is 278 g/mol. The normalized spacial score (nSPS) is 13.2. The van der Waals surface area contributed by atoms with Crippen molar-refractivity contribution in [1.82, 2.24) is 20.4 Å². The van der Waals surface area contributed by atoms with Crippen LogP contribution < -0.4 is 10.6 Å². The summed E-state index contributed by atoms with van der Waals surface area (Å²) in [4.78, 5) is 23.9. The Morgan fingerprint density at radius 2 is 2.25 bits per heavy atom. The zero-order valence-corrected chi connectivity index (χ0v) is 11.7. The molecule has 1 aromatic rings. The topological polar surface area (TPSA) is 96.3 Å². The average Bonchev–Trinajstić information content (AvgIpc) is 2.73. The smallest absolute Gasteiger partial charge is 0.255 e. The van der Waals surface area contributed by atoms with Crippen molar-refractivity contribution in [3.63, 3.8) is 0 Å². The highest BCUT2D eigenvalue weighted by molar-refractivity contribution is 5.98. The van der Waals surface area contributed by atoms with Crippen LogP contribution in [0, 0.1) is 19.3 Å². The highest BCUT2D eigenvalue weighted by Crippen LogP contribution is 2.06. The van der Waals surface area contributed by atoms with Gasteiger partial charge in [-0.25, -0.2) is 0 Å². The molecule has 108 valence electrons. The molecule has 7 heteroatoms. The highest BCUT2D eigenvalue weighted by Gasteiger charge is 2.26. The Bertz CT molecular complexity index is 542. The lowest BCUT2D eigenvalue weighted by atomic mass is 10.1. The molecule has 1 heterocycles. The fourth-order valence-corrected chi connectivity index (χ4v) is 1.59. The first-order valence-corrected chi connectivity index (χ1v) is 6.07. The lowest BCUT2D eigenvalue weighted by molar-refractivity contribution is -0.125. The van der Waals surface area contributed by atoms with Crippen LogP contribution in [0.25, 0.3) is 0 Å². The molecular formula is C13H18N4O3. The fraction of sp³-hybridized carbons (Fsp3) is 0.462. The molecule has 2 atom stereocenters. The van der Waals surface area contributed by atoms with Crippen molar-refractivity contribution in [3.8, 4) is 12.3 Å². The quantitative estimate of drug-likeness (QED) is 0.599. The molecule has 0 spiro atoms. The summed E-state index contributed by atoms with van der Waals surface area (Å²) in [7, 11) is 1.71. The van der Waals surface area contributed by atoms with Gasteiger partial charge in [0.2, 0.25) is 5.91 Å². The van der Waals surface area contributed by atoms with Crippen molar-refractivity contribution in [1.29, 1.82) is 0 Å². The second-order valence-corrected chi connectivity index (χ2v) is 4.38. The third-order valence-corrected chi connectivity index (χ3v) is 2.90. The van der Waals surface area contributed by atoms with Crippen LogP contribution in [-0.4, -0.2) is 45.4 Å². The van der Waals surface area contributed by atoms with Crippen LogP contribution in [0.4, 0.5) is 0 Å². The van der Waals surface area contributed by atoms with E-state index in [-0.39, 0.29) is 6.54 Å². The maximum absolute atomic E-state index is 12.1. The van der Waals surface area contributed by atoms with Crippen molar-refractivity contribution in [3.05, 3.63) is 17.5 Å². The zero-order valence-electron chi connectivity index (χ0n) is 11.7. The van der Waals surface area contributed by atoms with Crippen molar-refractivity contribution >= 4 is 11.8 Å². The lowest BCUT2D eigenvalue weighted by Crippen LogP contribution is -2.52. The average molecular weight is 278 g/mol. The maximum atomic E-state index is 12.1. The number of hydrogen-bond donors (Lipinski definition) is 3. The van der Waals surface area contributed by atoms with Gasteiger partial charge >= 0.3 is 0 Å². The number of carbonyl (C=O) groups is 2. The van der Waals surface area contributed by atoms with Gasteiger partial charge in [-0.15, -0.1) is 6.42 Å². The Morgan fingerprint density at radius 3 is 2.70 bits per heavy atom. The summed E-state index contributed by atoms with van der Waals surface area (Å²) in [6.45, 7) is 3.18. The summed E-state index contributed by atoms with van der Waals surface area (Å²) >= 11 is 0. The number of aromatic nitrogens is 2. The molecule has 0 unspecified atom stereocenters. The van der Waals surface area contributed by atoms with E-state index in [0.717, 1.165) is 0 Å². The molecule has 7 nitrogen and oxygen atoms in total. The van der Waals surface area contributed by atoms with Gasteiger partial charge in [0.25, 0.3) is 5.91 Å². The first-order valence-electron chi connectivity index (χ1n) is 6.07. The number of aliphatic hydroxyl groups is 1. The molecular weight excluding hydrogens is 260 g/mol. The van der Waals surface area contributed by atoms with Gasteiger partial charge in [0.1, 0.15) is 6.04 Å². The van der Waals surface area contributed by atoms with Crippen LogP contribution >= 0.6 is 0 Å². The highest BCUT2D eigenvalue weighted by atomic mass is 16.3. The predicted molar refractivity (Wildman–Crippen MR) is 72.7 cm³/mol. The van der Waals surface area contributed by atoms with E-state index in [1.54, 1.807) is 18.7 Å². The Labute approximate surface area is 117 Å². The van der Waals surface area contributed by atoms with Crippen molar-refractivity contribution in [2.45, 2.75) is 26.0 Å². The minimum atomic E-state index is -1.07. The largest absolute Gasteiger partial charge is 0.391 e. The maximum Gasteiger partial charge on any atom is 0.255 e. The van der Waals surface area contributed by atoms with E-state index in [4.69, 9.17) is 6.42 Å². The number of nitrogens with zero attached hydrogens (tertiary/aromatic N) is 2. The van der Waals surface area contributed by atoms with Crippen LogP contribution in [0.15, 0.2) is 6.20 Å². The van der Waals surface area contributed by atoms with Crippen molar-refractivity contribution in [2.75, 3.05) is 6.54 Å². The van der Waals surface area contributed by atoms with Crippen LogP contribution in [0.2, 0.25) is 0 Å². The van der Waals surface area contributed by atoms with E-state index in [0.29, 0.717) is 11.3 Å². The van der Waals surface area contributed by atoms with E-state index < -0.39 is 24.0 Å². The molecule has 1 aromatic heterocycles. The molecule has 0 radical (unpaired) electrons. The molecule has 1 rings (SSSR count). The van der Waals surface area contributed by atoms with E-state index in [2.05, 4.69) is 21.7 Å². The minimum absolute atomic E-state index is 0.0316. The van der Waals surface area contributed by atoms with Gasteiger partial charge in [-0.2, -0.15) is 5.10 Å². The molecule has 0 saturated carbocycles. The third kappa shape index (κ3) is 3.59. The summed E-state index contributed by atoms with van der Waals surface area (Å²) in [6, 6.07) is -1.07. The van der Waals surface area contributed by atoms with Gasteiger partial charge in [-0.1, -0.05) is 5.92 Å².